The quantitative estimate of drug-likeness (QED) is 0.313. The van der Waals surface area contributed by atoms with Gasteiger partial charge in [0.25, 0.3) is 0 Å². The van der Waals surface area contributed by atoms with Crippen molar-refractivity contribution < 1.29 is 15.1 Å². The number of aliphatic hydroxyl groups excluding tert-OH is 1. The summed E-state index contributed by atoms with van der Waals surface area (Å²) in [4.78, 5) is 2.01. The lowest BCUT2D eigenvalue weighted by Gasteiger charge is -2.34. The van der Waals surface area contributed by atoms with Crippen LogP contribution < -0.4 is 10.5 Å². The lowest BCUT2D eigenvalue weighted by Crippen LogP contribution is -2.43. The molecule has 0 amide bonds. The minimum Gasteiger partial charge on any atom is -0.496 e. The second kappa shape index (κ2) is 6.58. The third-order valence-corrected chi connectivity index (χ3v) is 3.51. The number of ether oxygens (including phenoxy) is 1. The molecule has 0 unspecified atom stereocenters. The smallest absolute Gasteiger partial charge is 0.170 e. The van der Waals surface area contributed by atoms with Crippen LogP contribution >= 0.6 is 0 Å². The zero-order chi connectivity index (χ0) is 15.3. The summed E-state index contributed by atoms with van der Waals surface area (Å²) < 4.78 is 5.33. The Morgan fingerprint density at radius 1 is 1.45 bits per heavy atom. The van der Waals surface area contributed by atoms with Crippen LogP contribution in [0.25, 0.3) is 0 Å². The maximum atomic E-state index is 9.40. The molecule has 4 N–H and O–H groups in total. The Morgan fingerprint density at radius 3 is 2.60 bits per heavy atom. The average Bonchev–Trinajstić information content (AvgIpc) is 2.46. The lowest BCUT2D eigenvalue weighted by molar-refractivity contribution is 0.0728. The molecule has 0 bridgehead atoms. The molecule has 0 aromatic heterocycles. The van der Waals surface area contributed by atoms with Crippen molar-refractivity contribution in [2.75, 3.05) is 20.8 Å². The van der Waals surface area contributed by atoms with Gasteiger partial charge < -0.3 is 20.8 Å². The fourth-order valence-corrected chi connectivity index (χ4v) is 1.71. The van der Waals surface area contributed by atoms with Gasteiger partial charge in [0.05, 0.1) is 13.7 Å². The number of methoxy groups -OCH3 is 1. The van der Waals surface area contributed by atoms with E-state index < -0.39 is 0 Å². The van der Waals surface area contributed by atoms with Gasteiger partial charge in [-0.25, -0.2) is 0 Å². The van der Waals surface area contributed by atoms with Crippen molar-refractivity contribution >= 4 is 5.84 Å². The number of hydrogen-bond acceptors (Lipinski definition) is 5. The largest absolute Gasteiger partial charge is 0.496 e. The SMILES string of the molecule is COc1ccc(/C(N)=N/O)cc1CN(C)C(C)(C)CO. The van der Waals surface area contributed by atoms with Crippen LogP contribution in [0.1, 0.15) is 25.0 Å². The maximum Gasteiger partial charge on any atom is 0.170 e. The number of benzene rings is 1. The Morgan fingerprint density at radius 2 is 2.10 bits per heavy atom. The summed E-state index contributed by atoms with van der Waals surface area (Å²) in [6.07, 6.45) is 0. The molecule has 0 radical (unpaired) electrons. The zero-order valence-corrected chi connectivity index (χ0v) is 12.4. The number of rotatable bonds is 6. The molecule has 0 spiro atoms. The van der Waals surface area contributed by atoms with Gasteiger partial charge in [0, 0.05) is 23.2 Å². The van der Waals surface area contributed by atoms with Crippen LogP contribution in [-0.2, 0) is 6.54 Å². The van der Waals surface area contributed by atoms with Crippen LogP contribution in [0.4, 0.5) is 0 Å². The normalized spacial score (nSPS) is 12.8. The van der Waals surface area contributed by atoms with Crippen LogP contribution in [-0.4, -0.2) is 47.4 Å². The van der Waals surface area contributed by atoms with E-state index in [1.54, 1.807) is 19.2 Å². The molecule has 0 fully saturated rings. The minimum absolute atomic E-state index is 0.0474. The molecular formula is C14H23N3O3. The molecule has 0 saturated heterocycles. The average molecular weight is 281 g/mol. The highest BCUT2D eigenvalue weighted by Crippen LogP contribution is 2.24. The molecule has 6 heteroatoms. The number of nitrogens with two attached hydrogens (primary N) is 1. The third kappa shape index (κ3) is 3.61. The van der Waals surface area contributed by atoms with E-state index in [1.807, 2.05) is 31.9 Å². The molecule has 0 aliphatic carbocycles. The first-order chi connectivity index (χ1) is 9.35. The molecule has 1 rings (SSSR count). The summed E-state index contributed by atoms with van der Waals surface area (Å²) in [7, 11) is 3.52. The molecule has 20 heavy (non-hydrogen) atoms. The van der Waals surface area contributed by atoms with E-state index in [4.69, 9.17) is 15.7 Å². The lowest BCUT2D eigenvalue weighted by atomic mass is 10.0. The van der Waals surface area contributed by atoms with Gasteiger partial charge >= 0.3 is 0 Å². The van der Waals surface area contributed by atoms with E-state index in [2.05, 4.69) is 5.16 Å². The molecule has 0 heterocycles. The maximum absolute atomic E-state index is 9.40. The second-order valence-corrected chi connectivity index (χ2v) is 5.34. The molecule has 1 aromatic rings. The number of amidine groups is 1. The van der Waals surface area contributed by atoms with Crippen LogP contribution in [0.3, 0.4) is 0 Å². The fourth-order valence-electron chi connectivity index (χ4n) is 1.71. The first-order valence-electron chi connectivity index (χ1n) is 6.32. The van der Waals surface area contributed by atoms with Gasteiger partial charge in [-0.2, -0.15) is 0 Å². The zero-order valence-electron chi connectivity index (χ0n) is 12.4. The van der Waals surface area contributed by atoms with Gasteiger partial charge in [0.2, 0.25) is 0 Å². The van der Waals surface area contributed by atoms with Crippen LogP contribution in [0.5, 0.6) is 5.75 Å². The first kappa shape index (κ1) is 16.3. The number of oxime groups is 1. The van der Waals surface area contributed by atoms with Gasteiger partial charge in [-0.05, 0) is 39.1 Å². The van der Waals surface area contributed by atoms with E-state index in [1.165, 1.54) is 0 Å². The van der Waals surface area contributed by atoms with Crippen LogP contribution in [0.15, 0.2) is 23.4 Å². The first-order valence-corrected chi connectivity index (χ1v) is 6.32. The topological polar surface area (TPSA) is 91.3 Å². The summed E-state index contributed by atoms with van der Waals surface area (Å²) in [5, 5.41) is 21.1. The van der Waals surface area contributed by atoms with E-state index in [9.17, 15) is 5.11 Å². The number of nitrogens with zero attached hydrogens (tertiary/aromatic N) is 2. The van der Waals surface area contributed by atoms with Gasteiger partial charge in [-0.15, -0.1) is 0 Å². The predicted octanol–water partition coefficient (Wildman–Crippen LogP) is 0.992. The fraction of sp³-hybridized carbons (Fsp3) is 0.500. The molecule has 0 atom stereocenters. The molecule has 112 valence electrons. The Balaban J connectivity index is 3.09. The summed E-state index contributed by atoms with van der Waals surface area (Å²) in [6, 6.07) is 5.33. The highest BCUT2D eigenvalue weighted by atomic mass is 16.5. The Labute approximate surface area is 119 Å². The van der Waals surface area contributed by atoms with E-state index in [-0.39, 0.29) is 18.0 Å². The standard InChI is InChI=1S/C14H23N3O3/c1-14(2,9-18)17(3)8-11-7-10(13(15)16-19)5-6-12(11)20-4/h5-7,18-19H,8-9H2,1-4H3,(H2,15,16). The van der Waals surface area contributed by atoms with Crippen molar-refractivity contribution in [2.24, 2.45) is 10.9 Å². The molecular weight excluding hydrogens is 258 g/mol. The molecule has 0 aliphatic heterocycles. The molecule has 0 saturated carbocycles. The van der Waals surface area contributed by atoms with Crippen LogP contribution in [0, 0.1) is 0 Å². The van der Waals surface area contributed by atoms with Gasteiger partial charge in [0.15, 0.2) is 5.84 Å². The van der Waals surface area contributed by atoms with Gasteiger partial charge in [0.1, 0.15) is 5.75 Å². The van der Waals surface area contributed by atoms with Gasteiger partial charge in [-0.3, -0.25) is 4.90 Å². The summed E-state index contributed by atoms with van der Waals surface area (Å²) in [5.41, 5.74) is 6.78. The minimum atomic E-state index is -0.350. The van der Waals surface area contributed by atoms with E-state index in [0.29, 0.717) is 12.1 Å². The van der Waals surface area contributed by atoms with Crippen molar-refractivity contribution in [3.05, 3.63) is 29.3 Å². The van der Waals surface area contributed by atoms with Crippen LogP contribution in [0.2, 0.25) is 0 Å². The van der Waals surface area contributed by atoms with Crippen molar-refractivity contribution in [1.82, 2.24) is 4.90 Å². The predicted molar refractivity (Wildman–Crippen MR) is 78.1 cm³/mol. The highest BCUT2D eigenvalue weighted by Gasteiger charge is 2.23. The van der Waals surface area contributed by atoms with Gasteiger partial charge in [-0.1, -0.05) is 5.16 Å². The van der Waals surface area contributed by atoms with E-state index in [0.717, 1.165) is 11.3 Å². The van der Waals surface area contributed by atoms with E-state index >= 15 is 0 Å². The Bertz CT molecular complexity index is 487. The summed E-state index contributed by atoms with van der Waals surface area (Å²) >= 11 is 0. The number of likely N-dealkylation sites (N-methyl/N-ethyl adjacent to an activating group) is 1. The molecule has 6 nitrogen and oxygen atoms in total. The van der Waals surface area contributed by atoms with Crippen molar-refractivity contribution in [1.29, 1.82) is 0 Å². The van der Waals surface area contributed by atoms with Crippen molar-refractivity contribution in [3.63, 3.8) is 0 Å². The highest BCUT2D eigenvalue weighted by molar-refractivity contribution is 5.97. The molecule has 0 aliphatic rings. The molecule has 1 aromatic carbocycles. The van der Waals surface area contributed by atoms with Crippen molar-refractivity contribution in [2.45, 2.75) is 25.9 Å². The Kier molecular flexibility index (Phi) is 5.35. The number of hydrogen-bond donors (Lipinski definition) is 3. The second-order valence-electron chi connectivity index (χ2n) is 5.34. The summed E-state index contributed by atoms with van der Waals surface area (Å²) in [6.45, 7) is 4.52. The number of aliphatic hydroxyl groups is 1. The monoisotopic (exact) mass is 281 g/mol. The summed E-state index contributed by atoms with van der Waals surface area (Å²) in [5.74, 6) is 0.776. The Hall–Kier alpha value is -1.79. The third-order valence-electron chi connectivity index (χ3n) is 3.51. The van der Waals surface area contributed by atoms with Crippen molar-refractivity contribution in [3.8, 4) is 5.75 Å².